The van der Waals surface area contributed by atoms with E-state index in [4.69, 9.17) is 9.15 Å². The molecule has 0 N–H and O–H groups in total. The van der Waals surface area contributed by atoms with Crippen molar-refractivity contribution in [2.75, 3.05) is 26.3 Å². The third-order valence-electron chi connectivity index (χ3n) is 6.73. The van der Waals surface area contributed by atoms with Gasteiger partial charge in [0.15, 0.2) is 0 Å². The molecule has 2 saturated heterocycles. The van der Waals surface area contributed by atoms with Crippen molar-refractivity contribution in [2.45, 2.75) is 25.7 Å². The Morgan fingerprint density at radius 1 is 0.900 bits per heavy atom. The van der Waals surface area contributed by atoms with E-state index in [1.807, 2.05) is 53.4 Å². The first kappa shape index (κ1) is 19.1. The van der Waals surface area contributed by atoms with Crippen LogP contribution in [0.15, 0.2) is 63.8 Å². The van der Waals surface area contributed by atoms with Gasteiger partial charge in [0.05, 0.1) is 5.56 Å². The number of carbonyl (C=O) groups is 1. The zero-order valence-corrected chi connectivity index (χ0v) is 16.9. The zero-order valence-electron chi connectivity index (χ0n) is 16.9. The summed E-state index contributed by atoms with van der Waals surface area (Å²) < 4.78 is 11.0. The van der Waals surface area contributed by atoms with Gasteiger partial charge in [0.25, 0.3) is 5.91 Å². The second-order valence-corrected chi connectivity index (χ2v) is 8.47. The number of fused-ring (bicyclic) bond motifs is 1. The number of benzene rings is 2. The van der Waals surface area contributed by atoms with E-state index in [0.717, 1.165) is 57.4 Å². The lowest BCUT2D eigenvalue weighted by Gasteiger charge is -2.44. The number of nitrogens with zero attached hydrogens (tertiary/aromatic N) is 1. The summed E-state index contributed by atoms with van der Waals surface area (Å²) in [6.07, 6.45) is 4.27. The summed E-state index contributed by atoms with van der Waals surface area (Å²) >= 11 is 0. The van der Waals surface area contributed by atoms with Gasteiger partial charge in [0, 0.05) is 37.3 Å². The summed E-state index contributed by atoms with van der Waals surface area (Å²) in [4.78, 5) is 27.6. The lowest BCUT2D eigenvalue weighted by Crippen LogP contribution is -2.45. The smallest absolute Gasteiger partial charge is 0.344 e. The van der Waals surface area contributed by atoms with Crippen molar-refractivity contribution < 1.29 is 13.9 Å². The maximum absolute atomic E-state index is 13.2. The van der Waals surface area contributed by atoms with Gasteiger partial charge in [-0.05, 0) is 60.9 Å². The molecule has 1 spiro atoms. The monoisotopic (exact) mass is 403 g/mol. The van der Waals surface area contributed by atoms with Crippen LogP contribution in [0.3, 0.4) is 0 Å². The van der Waals surface area contributed by atoms with E-state index < -0.39 is 5.63 Å². The molecule has 2 fully saturated rings. The maximum atomic E-state index is 13.2. The largest absolute Gasteiger partial charge is 0.422 e. The average molecular weight is 403 g/mol. The first-order valence-electron chi connectivity index (χ1n) is 10.6. The number of para-hydroxylation sites is 1. The van der Waals surface area contributed by atoms with Gasteiger partial charge in [0.1, 0.15) is 5.58 Å². The van der Waals surface area contributed by atoms with E-state index in [0.29, 0.717) is 27.7 Å². The van der Waals surface area contributed by atoms with Gasteiger partial charge in [-0.1, -0.05) is 30.3 Å². The van der Waals surface area contributed by atoms with Crippen molar-refractivity contribution >= 4 is 16.9 Å². The lowest BCUT2D eigenvalue weighted by molar-refractivity contribution is -0.0175. The van der Waals surface area contributed by atoms with Crippen molar-refractivity contribution in [3.05, 3.63) is 70.6 Å². The molecule has 30 heavy (non-hydrogen) atoms. The van der Waals surface area contributed by atoms with Gasteiger partial charge in [-0.3, -0.25) is 4.79 Å². The number of carbonyl (C=O) groups excluding carboxylic acids is 1. The van der Waals surface area contributed by atoms with Gasteiger partial charge in [-0.25, -0.2) is 4.79 Å². The van der Waals surface area contributed by atoms with Crippen molar-refractivity contribution in [1.82, 2.24) is 4.90 Å². The molecule has 0 saturated carbocycles. The SMILES string of the molecule is O=C(c1cccc(-c2cc3ccccc3oc2=O)c1)N1CCC2(CCOCC2)CC1. The molecule has 2 aliphatic heterocycles. The number of ether oxygens (including phenoxy) is 1. The van der Waals surface area contributed by atoms with Gasteiger partial charge >= 0.3 is 5.63 Å². The fourth-order valence-corrected chi connectivity index (χ4v) is 4.75. The Morgan fingerprint density at radius 2 is 1.67 bits per heavy atom. The number of amides is 1. The summed E-state index contributed by atoms with van der Waals surface area (Å²) in [5.74, 6) is 0.0314. The molecule has 154 valence electrons. The average Bonchev–Trinajstić information content (AvgIpc) is 2.79. The van der Waals surface area contributed by atoms with Crippen molar-refractivity contribution in [1.29, 1.82) is 0 Å². The van der Waals surface area contributed by atoms with Crippen LogP contribution in [0.25, 0.3) is 22.1 Å². The Bertz CT molecular complexity index is 1130. The second kappa shape index (κ2) is 7.73. The predicted molar refractivity (Wildman–Crippen MR) is 116 cm³/mol. The molecule has 5 rings (SSSR count). The normalized spacial score (nSPS) is 18.6. The Labute approximate surface area is 175 Å². The highest BCUT2D eigenvalue weighted by Crippen LogP contribution is 2.40. The van der Waals surface area contributed by atoms with E-state index in [1.165, 1.54) is 0 Å². The number of hydrogen-bond donors (Lipinski definition) is 0. The van der Waals surface area contributed by atoms with Gasteiger partial charge in [-0.15, -0.1) is 0 Å². The van der Waals surface area contributed by atoms with Gasteiger partial charge in [-0.2, -0.15) is 0 Å². The minimum absolute atomic E-state index is 0.0314. The van der Waals surface area contributed by atoms with Crippen LogP contribution in [-0.4, -0.2) is 37.1 Å². The first-order valence-corrected chi connectivity index (χ1v) is 10.6. The molecule has 5 nitrogen and oxygen atoms in total. The van der Waals surface area contributed by atoms with E-state index in [1.54, 1.807) is 6.07 Å². The molecule has 2 aliphatic rings. The molecule has 1 amide bonds. The molecule has 1 aromatic heterocycles. The molecule has 0 aliphatic carbocycles. The van der Waals surface area contributed by atoms with Crippen molar-refractivity contribution in [3.63, 3.8) is 0 Å². The molecule has 0 unspecified atom stereocenters. The highest BCUT2D eigenvalue weighted by Gasteiger charge is 2.37. The van der Waals surface area contributed by atoms with E-state index in [2.05, 4.69) is 0 Å². The van der Waals surface area contributed by atoms with Crippen LogP contribution in [0.5, 0.6) is 0 Å². The zero-order chi connectivity index (χ0) is 20.6. The molecule has 3 aromatic rings. The lowest BCUT2D eigenvalue weighted by atomic mass is 9.72. The molecule has 0 radical (unpaired) electrons. The quantitative estimate of drug-likeness (QED) is 0.592. The van der Waals surface area contributed by atoms with E-state index >= 15 is 0 Å². The number of piperidine rings is 1. The van der Waals surface area contributed by atoms with Gasteiger partial charge < -0.3 is 14.1 Å². The Kier molecular flexibility index (Phi) is 4.91. The van der Waals surface area contributed by atoms with Crippen LogP contribution in [-0.2, 0) is 4.74 Å². The Hall–Kier alpha value is -2.92. The van der Waals surface area contributed by atoms with Crippen LogP contribution >= 0.6 is 0 Å². The summed E-state index contributed by atoms with van der Waals surface area (Å²) in [5.41, 5.74) is 2.32. The molecule has 0 bridgehead atoms. The van der Waals surface area contributed by atoms with Gasteiger partial charge in [0.2, 0.25) is 0 Å². The topological polar surface area (TPSA) is 59.8 Å². The summed E-state index contributed by atoms with van der Waals surface area (Å²) in [6.45, 7) is 3.23. The number of rotatable bonds is 2. The van der Waals surface area contributed by atoms with Crippen LogP contribution < -0.4 is 5.63 Å². The van der Waals surface area contributed by atoms with Crippen molar-refractivity contribution in [3.8, 4) is 11.1 Å². The summed E-state index contributed by atoms with van der Waals surface area (Å²) in [6, 6.07) is 16.6. The predicted octanol–water partition coefficient (Wildman–Crippen LogP) is 4.49. The standard InChI is InChI=1S/C25H25NO4/c27-23(26-12-8-25(9-13-26)10-14-29-15-11-25)20-6-3-5-18(16-20)21-17-19-4-1-2-7-22(19)30-24(21)28/h1-7,16-17H,8-15H2. The summed E-state index contributed by atoms with van der Waals surface area (Å²) in [5, 5.41) is 0.863. The second-order valence-electron chi connectivity index (χ2n) is 8.47. The molecule has 5 heteroatoms. The van der Waals surface area contributed by atoms with Crippen LogP contribution in [0.4, 0.5) is 0 Å². The third-order valence-corrected chi connectivity index (χ3v) is 6.73. The highest BCUT2D eigenvalue weighted by atomic mass is 16.5. The maximum Gasteiger partial charge on any atom is 0.344 e. The summed E-state index contributed by atoms with van der Waals surface area (Å²) in [7, 11) is 0. The molecule has 0 atom stereocenters. The third kappa shape index (κ3) is 3.54. The fourth-order valence-electron chi connectivity index (χ4n) is 4.75. The first-order chi connectivity index (χ1) is 14.6. The minimum atomic E-state index is -0.391. The minimum Gasteiger partial charge on any atom is -0.422 e. The Balaban J connectivity index is 1.38. The van der Waals surface area contributed by atoms with Crippen molar-refractivity contribution in [2.24, 2.45) is 5.41 Å². The van der Waals surface area contributed by atoms with Crippen LogP contribution in [0.2, 0.25) is 0 Å². The van der Waals surface area contributed by atoms with E-state index in [-0.39, 0.29) is 5.91 Å². The number of likely N-dealkylation sites (tertiary alicyclic amines) is 1. The molecule has 3 heterocycles. The van der Waals surface area contributed by atoms with Crippen LogP contribution in [0.1, 0.15) is 36.0 Å². The van der Waals surface area contributed by atoms with Crippen LogP contribution in [0, 0.1) is 5.41 Å². The molecular weight excluding hydrogens is 378 g/mol. The molecular formula is C25H25NO4. The number of hydrogen-bond acceptors (Lipinski definition) is 4. The molecule has 2 aromatic carbocycles. The highest BCUT2D eigenvalue weighted by molar-refractivity contribution is 5.95. The van der Waals surface area contributed by atoms with E-state index in [9.17, 15) is 9.59 Å². The fraction of sp³-hybridized carbons (Fsp3) is 0.360. The Morgan fingerprint density at radius 3 is 2.47 bits per heavy atom.